The molecule has 2 nitrogen and oxygen atoms in total. The Labute approximate surface area is 131 Å². The van der Waals surface area contributed by atoms with Gasteiger partial charge in [-0.1, -0.05) is 33.6 Å². The van der Waals surface area contributed by atoms with Crippen molar-refractivity contribution in [3.05, 3.63) is 58.4 Å². The minimum atomic E-state index is 0.732. The van der Waals surface area contributed by atoms with E-state index in [2.05, 4.69) is 51.5 Å². The molecule has 0 aliphatic heterocycles. The summed E-state index contributed by atoms with van der Waals surface area (Å²) in [6.07, 6.45) is 1.86. The molecule has 4 heteroatoms. The lowest BCUT2D eigenvalue weighted by Crippen LogP contribution is -1.97. The van der Waals surface area contributed by atoms with Crippen LogP contribution in [0.25, 0.3) is 16.7 Å². The third-order valence-electron chi connectivity index (χ3n) is 3.61. The smallest absolute Gasteiger partial charge is 0.100 e. The van der Waals surface area contributed by atoms with Crippen molar-refractivity contribution in [1.82, 2.24) is 9.55 Å². The van der Waals surface area contributed by atoms with Gasteiger partial charge in [-0.3, -0.25) is 4.57 Å². The van der Waals surface area contributed by atoms with Crippen molar-refractivity contribution < 1.29 is 0 Å². The second-order valence-electron chi connectivity index (χ2n) is 4.95. The summed E-state index contributed by atoms with van der Waals surface area (Å²) in [5.74, 6) is 0. The summed E-state index contributed by atoms with van der Waals surface area (Å²) >= 11 is 9.68. The van der Waals surface area contributed by atoms with Crippen LogP contribution in [-0.4, -0.2) is 9.55 Å². The zero-order valence-electron chi connectivity index (χ0n) is 11.3. The fraction of sp³-hybridized carbons (Fsp3) is 0.188. The third-order valence-corrected chi connectivity index (χ3v) is 4.45. The molecular weight excluding hydrogens is 336 g/mol. The van der Waals surface area contributed by atoms with E-state index in [0.717, 1.165) is 27.1 Å². The van der Waals surface area contributed by atoms with Crippen molar-refractivity contribution in [1.29, 1.82) is 0 Å². The molecule has 0 bridgehead atoms. The highest BCUT2D eigenvalue weighted by Crippen LogP contribution is 2.27. The van der Waals surface area contributed by atoms with E-state index < -0.39 is 0 Å². The highest BCUT2D eigenvalue weighted by Gasteiger charge is 2.10. The zero-order valence-corrected chi connectivity index (χ0v) is 13.7. The molecule has 0 spiro atoms. The highest BCUT2D eigenvalue weighted by atomic mass is 79.9. The summed E-state index contributed by atoms with van der Waals surface area (Å²) in [4.78, 5) is 4.51. The molecule has 0 saturated heterocycles. The molecular formula is C16H14BrClN2. The molecule has 0 atom stereocenters. The molecule has 0 amide bonds. The number of hydrogen-bond donors (Lipinski definition) is 0. The van der Waals surface area contributed by atoms with Gasteiger partial charge in [0.15, 0.2) is 0 Å². The van der Waals surface area contributed by atoms with Gasteiger partial charge in [-0.25, -0.2) is 4.98 Å². The SMILES string of the molecule is Cc1cc2ncn(-c3cc(Cl)ccc3CBr)c2cc1C. The number of aromatic nitrogens is 2. The summed E-state index contributed by atoms with van der Waals surface area (Å²) in [5, 5.41) is 1.51. The van der Waals surface area contributed by atoms with Crippen LogP contribution in [0, 0.1) is 13.8 Å². The molecule has 0 fully saturated rings. The number of hydrogen-bond acceptors (Lipinski definition) is 1. The van der Waals surface area contributed by atoms with E-state index in [0.29, 0.717) is 0 Å². The van der Waals surface area contributed by atoms with Crippen LogP contribution in [0.15, 0.2) is 36.7 Å². The molecule has 20 heavy (non-hydrogen) atoms. The summed E-state index contributed by atoms with van der Waals surface area (Å²) < 4.78 is 2.10. The van der Waals surface area contributed by atoms with Crippen molar-refractivity contribution in [3.8, 4) is 5.69 Å². The standard InChI is InChI=1S/C16H14BrClN2/c1-10-5-14-16(6-11(10)2)20(9-19-14)15-7-13(18)4-3-12(15)8-17/h3-7,9H,8H2,1-2H3. The van der Waals surface area contributed by atoms with E-state index in [1.165, 1.54) is 16.7 Å². The zero-order chi connectivity index (χ0) is 14.3. The van der Waals surface area contributed by atoms with E-state index in [9.17, 15) is 0 Å². The molecule has 2 aromatic carbocycles. The molecule has 102 valence electrons. The normalized spacial score (nSPS) is 11.2. The molecule has 0 radical (unpaired) electrons. The molecule has 0 aliphatic carbocycles. The molecule has 3 rings (SSSR count). The largest absolute Gasteiger partial charge is 0.298 e. The second kappa shape index (κ2) is 5.23. The molecule has 0 unspecified atom stereocenters. The van der Waals surface area contributed by atoms with Crippen molar-refractivity contribution >= 4 is 38.6 Å². The Kier molecular flexibility index (Phi) is 3.57. The van der Waals surface area contributed by atoms with Crippen LogP contribution >= 0.6 is 27.5 Å². The molecule has 0 aliphatic rings. The second-order valence-corrected chi connectivity index (χ2v) is 5.94. The Morgan fingerprint density at radius 2 is 1.90 bits per heavy atom. The Balaban J connectivity index is 2.30. The first-order valence-corrected chi connectivity index (χ1v) is 7.89. The van der Waals surface area contributed by atoms with Crippen LogP contribution in [0.2, 0.25) is 5.02 Å². The van der Waals surface area contributed by atoms with E-state index in [1.807, 2.05) is 24.5 Å². The number of alkyl halides is 1. The highest BCUT2D eigenvalue weighted by molar-refractivity contribution is 9.08. The molecule has 1 aromatic heterocycles. The van der Waals surface area contributed by atoms with E-state index in [-0.39, 0.29) is 0 Å². The number of imidazole rings is 1. The van der Waals surface area contributed by atoms with Crippen molar-refractivity contribution in [2.75, 3.05) is 0 Å². The van der Waals surface area contributed by atoms with Crippen molar-refractivity contribution in [3.63, 3.8) is 0 Å². The maximum atomic E-state index is 6.15. The molecule has 3 aromatic rings. The van der Waals surface area contributed by atoms with Gasteiger partial charge in [-0.2, -0.15) is 0 Å². The lowest BCUT2D eigenvalue weighted by Gasteiger charge is -2.11. The van der Waals surface area contributed by atoms with Gasteiger partial charge in [-0.05, 0) is 54.8 Å². The lowest BCUT2D eigenvalue weighted by atomic mass is 10.1. The first-order chi connectivity index (χ1) is 9.60. The van der Waals surface area contributed by atoms with E-state index in [4.69, 9.17) is 11.6 Å². The quantitative estimate of drug-likeness (QED) is 0.582. The fourth-order valence-electron chi connectivity index (χ4n) is 2.33. The van der Waals surface area contributed by atoms with Gasteiger partial charge in [-0.15, -0.1) is 0 Å². The van der Waals surface area contributed by atoms with Crippen LogP contribution in [0.3, 0.4) is 0 Å². The number of rotatable bonds is 2. The summed E-state index contributed by atoms with van der Waals surface area (Å²) in [6, 6.07) is 10.2. The van der Waals surface area contributed by atoms with Crippen molar-refractivity contribution in [2.24, 2.45) is 0 Å². The number of nitrogens with zero attached hydrogens (tertiary/aromatic N) is 2. The first-order valence-electron chi connectivity index (χ1n) is 6.39. The van der Waals surface area contributed by atoms with Crippen LogP contribution in [-0.2, 0) is 5.33 Å². The lowest BCUT2D eigenvalue weighted by molar-refractivity contribution is 1.07. The Morgan fingerprint density at radius 1 is 1.15 bits per heavy atom. The van der Waals surface area contributed by atoms with Gasteiger partial charge in [0.25, 0.3) is 0 Å². The number of benzene rings is 2. The predicted molar refractivity (Wildman–Crippen MR) is 88.2 cm³/mol. The van der Waals surface area contributed by atoms with Gasteiger partial charge in [0.05, 0.1) is 16.7 Å². The average Bonchev–Trinajstić information content (AvgIpc) is 2.82. The maximum absolute atomic E-state index is 6.15. The summed E-state index contributed by atoms with van der Waals surface area (Å²) in [5.41, 5.74) is 6.90. The molecule has 0 N–H and O–H groups in total. The minimum Gasteiger partial charge on any atom is -0.298 e. The average molecular weight is 350 g/mol. The summed E-state index contributed by atoms with van der Waals surface area (Å²) in [6.45, 7) is 4.23. The number of aryl methyl sites for hydroxylation is 2. The Hall–Kier alpha value is -1.32. The van der Waals surface area contributed by atoms with Gasteiger partial charge in [0.2, 0.25) is 0 Å². The Bertz CT molecular complexity index is 793. The van der Waals surface area contributed by atoms with Crippen LogP contribution in [0.1, 0.15) is 16.7 Å². The van der Waals surface area contributed by atoms with Gasteiger partial charge >= 0.3 is 0 Å². The molecule has 1 heterocycles. The van der Waals surface area contributed by atoms with Crippen molar-refractivity contribution in [2.45, 2.75) is 19.2 Å². The topological polar surface area (TPSA) is 17.8 Å². The van der Waals surface area contributed by atoms with Gasteiger partial charge in [0.1, 0.15) is 6.33 Å². The minimum absolute atomic E-state index is 0.732. The third kappa shape index (κ3) is 2.25. The van der Waals surface area contributed by atoms with Crippen LogP contribution < -0.4 is 0 Å². The maximum Gasteiger partial charge on any atom is 0.100 e. The van der Waals surface area contributed by atoms with E-state index in [1.54, 1.807) is 0 Å². The summed E-state index contributed by atoms with van der Waals surface area (Å²) in [7, 11) is 0. The van der Waals surface area contributed by atoms with Gasteiger partial charge < -0.3 is 0 Å². The monoisotopic (exact) mass is 348 g/mol. The Morgan fingerprint density at radius 3 is 2.65 bits per heavy atom. The number of fused-ring (bicyclic) bond motifs is 1. The van der Waals surface area contributed by atoms with Gasteiger partial charge in [0, 0.05) is 10.4 Å². The predicted octanol–water partition coefficient (Wildman–Crippen LogP) is 5.19. The van der Waals surface area contributed by atoms with Crippen LogP contribution in [0.5, 0.6) is 0 Å². The first kappa shape index (κ1) is 13.7. The van der Waals surface area contributed by atoms with E-state index >= 15 is 0 Å². The fourth-order valence-corrected chi connectivity index (χ4v) is 2.97. The van der Waals surface area contributed by atoms with Crippen LogP contribution in [0.4, 0.5) is 0 Å². The number of halogens is 2. The molecule has 0 saturated carbocycles.